The summed E-state index contributed by atoms with van der Waals surface area (Å²) in [5.74, 6) is -0.324. The van der Waals surface area contributed by atoms with Crippen LogP contribution in [0.1, 0.15) is 37.7 Å². The van der Waals surface area contributed by atoms with Crippen molar-refractivity contribution in [2.24, 2.45) is 0 Å². The van der Waals surface area contributed by atoms with Gasteiger partial charge in [-0.25, -0.2) is 0 Å². The Hall–Kier alpha value is -1.83. The number of piperidine rings is 1. The summed E-state index contributed by atoms with van der Waals surface area (Å²) in [6.07, 6.45) is 0.0181. The molecule has 1 heterocycles. The quantitative estimate of drug-likeness (QED) is 0.612. The van der Waals surface area contributed by atoms with E-state index in [0.29, 0.717) is 24.9 Å². The van der Waals surface area contributed by atoms with E-state index in [9.17, 15) is 23.3 Å². The Balaban J connectivity index is 1.69. The number of hydrogen-bond donors (Lipinski definition) is 0. The smallest absolute Gasteiger partial charge is 0.420 e. The first kappa shape index (κ1) is 17.0. The van der Waals surface area contributed by atoms with Gasteiger partial charge in [0, 0.05) is 31.3 Å². The molecule has 0 bridgehead atoms. The molecule has 3 rings (SSSR count). The van der Waals surface area contributed by atoms with Crippen molar-refractivity contribution in [2.75, 3.05) is 13.1 Å². The maximum atomic E-state index is 13.2. The second-order valence-corrected chi connectivity index (χ2v) is 6.37. The summed E-state index contributed by atoms with van der Waals surface area (Å²) in [5, 5.41) is 10.7. The molecule has 132 valence electrons. The minimum Gasteiger partial charge on any atom is -0.490 e. The maximum absolute atomic E-state index is 13.2. The molecule has 0 atom stereocenters. The molecule has 8 heteroatoms. The molecule has 24 heavy (non-hydrogen) atoms. The fourth-order valence-corrected chi connectivity index (χ4v) is 3.25. The standard InChI is InChI=1S/C16H19F3N2O3/c17-16(18,19)14-10-12(21(22)23)4-5-15(14)24-13-6-8-20(9-7-13)11-2-1-3-11/h4-5,10-11,13H,1-3,6-9H2. The van der Waals surface area contributed by atoms with Crippen LogP contribution in [0.15, 0.2) is 18.2 Å². The summed E-state index contributed by atoms with van der Waals surface area (Å²) in [6, 6.07) is 3.27. The zero-order chi connectivity index (χ0) is 17.3. The Morgan fingerprint density at radius 3 is 2.33 bits per heavy atom. The predicted octanol–water partition coefficient (Wildman–Crippen LogP) is 4.01. The number of nitro groups is 1. The highest BCUT2D eigenvalue weighted by Gasteiger charge is 2.37. The van der Waals surface area contributed by atoms with Gasteiger partial charge in [-0.05, 0) is 31.7 Å². The molecule has 1 aliphatic heterocycles. The molecule has 1 aromatic rings. The van der Waals surface area contributed by atoms with Gasteiger partial charge in [0.05, 0.1) is 4.92 Å². The first-order valence-corrected chi connectivity index (χ1v) is 8.11. The number of ether oxygens (including phenoxy) is 1. The molecule has 1 saturated heterocycles. The van der Waals surface area contributed by atoms with E-state index in [4.69, 9.17) is 4.74 Å². The molecule has 0 unspecified atom stereocenters. The fraction of sp³-hybridized carbons (Fsp3) is 0.625. The lowest BCUT2D eigenvalue weighted by Crippen LogP contribution is -2.46. The van der Waals surface area contributed by atoms with Crippen molar-refractivity contribution in [3.63, 3.8) is 0 Å². The van der Waals surface area contributed by atoms with E-state index in [-0.39, 0.29) is 11.9 Å². The van der Waals surface area contributed by atoms with Crippen LogP contribution in [0.4, 0.5) is 18.9 Å². The molecule has 0 N–H and O–H groups in total. The van der Waals surface area contributed by atoms with Crippen LogP contribution in [-0.2, 0) is 6.18 Å². The number of nitrogens with zero attached hydrogens (tertiary/aromatic N) is 2. The molecule has 2 fully saturated rings. The predicted molar refractivity (Wildman–Crippen MR) is 81.0 cm³/mol. The van der Waals surface area contributed by atoms with Crippen LogP contribution in [0.25, 0.3) is 0 Å². The topological polar surface area (TPSA) is 55.6 Å². The minimum absolute atomic E-state index is 0.288. The summed E-state index contributed by atoms with van der Waals surface area (Å²) in [6.45, 7) is 1.65. The van der Waals surface area contributed by atoms with Crippen LogP contribution in [-0.4, -0.2) is 35.1 Å². The zero-order valence-corrected chi connectivity index (χ0v) is 13.1. The minimum atomic E-state index is -4.69. The molecule has 0 aromatic heterocycles. The SMILES string of the molecule is O=[N+]([O-])c1ccc(OC2CCN(C3CCC3)CC2)c(C(F)(F)F)c1. The highest BCUT2D eigenvalue weighted by Crippen LogP contribution is 2.39. The van der Waals surface area contributed by atoms with Crippen LogP contribution >= 0.6 is 0 Å². The van der Waals surface area contributed by atoms with Gasteiger partial charge < -0.3 is 9.64 Å². The van der Waals surface area contributed by atoms with Crippen LogP contribution in [0.3, 0.4) is 0 Å². The van der Waals surface area contributed by atoms with E-state index in [0.717, 1.165) is 25.2 Å². The van der Waals surface area contributed by atoms with E-state index < -0.39 is 22.4 Å². The van der Waals surface area contributed by atoms with Crippen molar-refractivity contribution in [3.8, 4) is 5.75 Å². The summed E-state index contributed by atoms with van der Waals surface area (Å²) in [4.78, 5) is 12.2. The van der Waals surface area contributed by atoms with Gasteiger partial charge in [0.15, 0.2) is 0 Å². The second kappa shape index (κ2) is 6.58. The van der Waals surface area contributed by atoms with Gasteiger partial charge in [0.25, 0.3) is 5.69 Å². The van der Waals surface area contributed by atoms with Crippen molar-refractivity contribution in [1.29, 1.82) is 0 Å². The number of likely N-dealkylation sites (tertiary alicyclic amines) is 1. The average Bonchev–Trinajstić information content (AvgIpc) is 2.46. The Bertz CT molecular complexity index is 609. The average molecular weight is 344 g/mol. The van der Waals surface area contributed by atoms with Crippen LogP contribution in [0, 0.1) is 10.1 Å². The summed E-state index contributed by atoms with van der Waals surface area (Å²) >= 11 is 0. The molecular weight excluding hydrogens is 325 g/mol. The zero-order valence-electron chi connectivity index (χ0n) is 13.1. The van der Waals surface area contributed by atoms with Crippen molar-refractivity contribution in [3.05, 3.63) is 33.9 Å². The van der Waals surface area contributed by atoms with Crippen LogP contribution < -0.4 is 4.74 Å². The Morgan fingerprint density at radius 2 is 1.83 bits per heavy atom. The third-order valence-corrected chi connectivity index (χ3v) is 4.84. The summed E-state index contributed by atoms with van der Waals surface area (Å²) in [5.41, 5.74) is -1.67. The molecule has 0 radical (unpaired) electrons. The maximum Gasteiger partial charge on any atom is 0.420 e. The number of non-ortho nitro benzene ring substituents is 1. The first-order chi connectivity index (χ1) is 11.3. The second-order valence-electron chi connectivity index (χ2n) is 6.37. The molecule has 1 aromatic carbocycles. The molecule has 1 aliphatic carbocycles. The van der Waals surface area contributed by atoms with Crippen molar-refractivity contribution in [2.45, 2.75) is 50.4 Å². The number of nitro benzene ring substituents is 1. The number of alkyl halides is 3. The molecule has 5 nitrogen and oxygen atoms in total. The lowest BCUT2D eigenvalue weighted by molar-refractivity contribution is -0.385. The van der Waals surface area contributed by atoms with Gasteiger partial charge in [-0.15, -0.1) is 0 Å². The first-order valence-electron chi connectivity index (χ1n) is 8.11. The van der Waals surface area contributed by atoms with Gasteiger partial charge in [-0.3, -0.25) is 10.1 Å². The van der Waals surface area contributed by atoms with E-state index in [1.165, 1.54) is 19.3 Å². The van der Waals surface area contributed by atoms with Crippen LogP contribution in [0.5, 0.6) is 5.75 Å². The highest BCUT2D eigenvalue weighted by molar-refractivity contribution is 5.45. The van der Waals surface area contributed by atoms with Gasteiger partial charge in [-0.2, -0.15) is 13.2 Å². The summed E-state index contributed by atoms with van der Waals surface area (Å²) in [7, 11) is 0. The molecule has 1 saturated carbocycles. The molecular formula is C16H19F3N2O3. The number of halogens is 3. The fourth-order valence-electron chi connectivity index (χ4n) is 3.25. The summed E-state index contributed by atoms with van der Waals surface area (Å²) < 4.78 is 45.0. The molecule has 2 aliphatic rings. The third-order valence-electron chi connectivity index (χ3n) is 4.84. The number of benzene rings is 1. The monoisotopic (exact) mass is 344 g/mol. The normalized spacial score (nSPS) is 20.6. The van der Waals surface area contributed by atoms with Gasteiger partial charge >= 0.3 is 6.18 Å². The van der Waals surface area contributed by atoms with Gasteiger partial charge in [-0.1, -0.05) is 6.42 Å². The Kier molecular flexibility index (Phi) is 4.67. The van der Waals surface area contributed by atoms with Crippen LogP contribution in [0.2, 0.25) is 0 Å². The van der Waals surface area contributed by atoms with Crippen molar-refractivity contribution in [1.82, 2.24) is 4.90 Å². The van der Waals surface area contributed by atoms with Gasteiger partial charge in [0.2, 0.25) is 0 Å². The Morgan fingerprint density at radius 1 is 1.17 bits per heavy atom. The molecule has 0 spiro atoms. The molecule has 0 amide bonds. The van der Waals surface area contributed by atoms with E-state index in [1.807, 2.05) is 0 Å². The number of rotatable bonds is 4. The Labute approximate surface area is 137 Å². The lowest BCUT2D eigenvalue weighted by atomic mass is 9.90. The lowest BCUT2D eigenvalue weighted by Gasteiger charge is -2.41. The van der Waals surface area contributed by atoms with Crippen molar-refractivity contribution < 1.29 is 22.8 Å². The largest absolute Gasteiger partial charge is 0.490 e. The van der Waals surface area contributed by atoms with E-state index in [2.05, 4.69) is 4.90 Å². The highest BCUT2D eigenvalue weighted by atomic mass is 19.4. The van der Waals surface area contributed by atoms with E-state index in [1.54, 1.807) is 0 Å². The van der Waals surface area contributed by atoms with E-state index >= 15 is 0 Å². The van der Waals surface area contributed by atoms with Gasteiger partial charge in [0.1, 0.15) is 17.4 Å². The van der Waals surface area contributed by atoms with Crippen molar-refractivity contribution >= 4 is 5.69 Å². The third kappa shape index (κ3) is 3.63. The number of hydrogen-bond acceptors (Lipinski definition) is 4.